The molecule has 5 rings (SSSR count). The fourth-order valence-corrected chi connectivity index (χ4v) is 12.0. The van der Waals surface area contributed by atoms with Gasteiger partial charge < -0.3 is 14.5 Å². The van der Waals surface area contributed by atoms with Gasteiger partial charge in [-0.15, -0.1) is 11.8 Å². The van der Waals surface area contributed by atoms with Crippen molar-refractivity contribution in [3.8, 4) is 0 Å². The van der Waals surface area contributed by atoms with Gasteiger partial charge in [0.25, 0.3) is 8.32 Å². The van der Waals surface area contributed by atoms with Crippen LogP contribution in [0.3, 0.4) is 0 Å². The Morgan fingerprint density at radius 3 is 2.05 bits per heavy atom. The molecule has 3 atom stereocenters. The molecule has 0 saturated carbocycles. The average molecular weight is 626 g/mol. The first-order valence-corrected chi connectivity index (χ1v) is 17.6. The van der Waals surface area contributed by atoms with Crippen LogP contribution in [0.15, 0.2) is 120 Å². The van der Waals surface area contributed by atoms with Crippen LogP contribution < -0.4 is 21.4 Å². The smallest absolute Gasteiger partial charge is 0.350 e. The van der Waals surface area contributed by atoms with Gasteiger partial charge in [-0.25, -0.2) is 4.79 Å². The first kappa shape index (κ1) is 31.7. The molecule has 3 aromatic carbocycles. The maximum Gasteiger partial charge on any atom is 0.350 e. The van der Waals surface area contributed by atoms with Gasteiger partial charge in [0.15, 0.2) is 0 Å². The summed E-state index contributed by atoms with van der Waals surface area (Å²) in [6.07, 6.45) is 1.29. The molecule has 0 radical (unpaired) electrons. The SMILES string of the molecule is C=C1[C@H](OCc2ccccc2)[C@@H](CO[Si](c2ccccc2)(c2ccccc2)C(C)(C)C)S[C@@H]1n1ccc(NC(C)=O)nc1=O. The Labute approximate surface area is 264 Å². The van der Waals surface area contributed by atoms with Gasteiger partial charge in [0.1, 0.15) is 11.2 Å². The lowest BCUT2D eigenvalue weighted by Gasteiger charge is -2.43. The first-order chi connectivity index (χ1) is 21.1. The number of hydrogen-bond donors (Lipinski definition) is 1. The molecule has 7 nitrogen and oxygen atoms in total. The highest BCUT2D eigenvalue weighted by atomic mass is 32.2. The topological polar surface area (TPSA) is 82.4 Å². The second kappa shape index (κ2) is 13.5. The molecule has 1 saturated heterocycles. The number of nitrogens with one attached hydrogen (secondary N) is 1. The fraction of sp³-hybridized carbons (Fsp3) is 0.286. The Morgan fingerprint density at radius 1 is 0.955 bits per heavy atom. The summed E-state index contributed by atoms with van der Waals surface area (Å²) < 4.78 is 15.4. The van der Waals surface area contributed by atoms with Crippen LogP contribution in [-0.4, -0.2) is 41.7 Å². The summed E-state index contributed by atoms with van der Waals surface area (Å²) in [5, 5.41) is 4.25. The summed E-state index contributed by atoms with van der Waals surface area (Å²) in [4.78, 5) is 28.8. The summed E-state index contributed by atoms with van der Waals surface area (Å²) in [7, 11) is -2.81. The minimum atomic E-state index is -2.81. The van der Waals surface area contributed by atoms with E-state index in [-0.39, 0.29) is 28.1 Å². The summed E-state index contributed by atoms with van der Waals surface area (Å²) in [5.74, 6) is -0.0694. The predicted octanol–water partition coefficient (Wildman–Crippen LogP) is 5.53. The highest BCUT2D eigenvalue weighted by Gasteiger charge is 2.51. The van der Waals surface area contributed by atoms with E-state index in [2.05, 4.69) is 86.2 Å². The van der Waals surface area contributed by atoms with Crippen LogP contribution in [-0.2, 0) is 20.6 Å². The molecule has 0 bridgehead atoms. The van der Waals surface area contributed by atoms with Crippen molar-refractivity contribution >= 4 is 42.2 Å². The Balaban J connectivity index is 1.50. The standard InChI is InChI=1S/C35H39N3O4SSi/c1-25-32(41-23-27-15-9-6-10-16-27)30(43-33(25)38-22-21-31(36-26(2)39)37-34(38)40)24-42-44(35(3,4)5,28-17-11-7-12-18-28)29-19-13-8-14-20-29/h6-22,30,32-33H,1,23-24H2,2-5H3,(H,36,37,39,40)/t30-,32+,33+/m1/s1. The molecule has 2 heterocycles. The second-order valence-corrected chi connectivity index (χ2v) is 17.6. The van der Waals surface area contributed by atoms with Crippen molar-refractivity contribution in [1.29, 1.82) is 0 Å². The summed E-state index contributed by atoms with van der Waals surface area (Å²) in [6, 6.07) is 32.8. The Bertz CT molecular complexity index is 1600. The zero-order valence-electron chi connectivity index (χ0n) is 25.6. The van der Waals surface area contributed by atoms with Crippen LogP contribution in [0.5, 0.6) is 0 Å². The van der Waals surface area contributed by atoms with Crippen molar-refractivity contribution in [3.05, 3.63) is 131 Å². The average Bonchev–Trinajstić information content (AvgIpc) is 3.31. The molecule has 4 aromatic rings. The minimum absolute atomic E-state index is 0.139. The molecular weight excluding hydrogens is 587 g/mol. The van der Waals surface area contributed by atoms with Crippen LogP contribution in [0.2, 0.25) is 5.04 Å². The molecule has 0 unspecified atom stereocenters. The summed E-state index contributed by atoms with van der Waals surface area (Å²) in [5.41, 5.74) is 1.36. The van der Waals surface area contributed by atoms with Gasteiger partial charge in [0, 0.05) is 19.7 Å². The largest absolute Gasteiger partial charge is 0.406 e. The zero-order chi connectivity index (χ0) is 31.3. The van der Waals surface area contributed by atoms with E-state index in [4.69, 9.17) is 9.16 Å². The van der Waals surface area contributed by atoms with E-state index in [0.29, 0.717) is 13.2 Å². The number of nitrogens with zero attached hydrogens (tertiary/aromatic N) is 2. The van der Waals surface area contributed by atoms with Crippen LogP contribution in [0.4, 0.5) is 5.82 Å². The van der Waals surface area contributed by atoms with E-state index in [9.17, 15) is 9.59 Å². The molecule has 9 heteroatoms. The van der Waals surface area contributed by atoms with Gasteiger partial charge in [-0.3, -0.25) is 9.36 Å². The third-order valence-corrected chi connectivity index (χ3v) is 14.4. The van der Waals surface area contributed by atoms with Gasteiger partial charge in [-0.2, -0.15) is 4.98 Å². The van der Waals surface area contributed by atoms with E-state index >= 15 is 0 Å². The van der Waals surface area contributed by atoms with E-state index in [1.54, 1.807) is 28.6 Å². The lowest BCUT2D eigenvalue weighted by Crippen LogP contribution is -2.67. The number of benzene rings is 3. The van der Waals surface area contributed by atoms with E-state index in [1.165, 1.54) is 17.3 Å². The molecule has 228 valence electrons. The monoisotopic (exact) mass is 625 g/mol. The van der Waals surface area contributed by atoms with Crippen LogP contribution in [0, 0.1) is 0 Å². The Kier molecular flexibility index (Phi) is 9.70. The maximum atomic E-state index is 13.1. The van der Waals surface area contributed by atoms with Crippen molar-refractivity contribution in [2.45, 2.75) is 56.1 Å². The molecule has 0 spiro atoms. The number of carbonyl (C=O) groups is 1. The number of amides is 1. The van der Waals surface area contributed by atoms with Crippen molar-refractivity contribution in [2.24, 2.45) is 0 Å². The molecule has 1 aromatic heterocycles. The Morgan fingerprint density at radius 2 is 1.52 bits per heavy atom. The highest BCUT2D eigenvalue weighted by molar-refractivity contribution is 8.00. The third kappa shape index (κ3) is 6.66. The van der Waals surface area contributed by atoms with Gasteiger partial charge in [0.05, 0.1) is 18.0 Å². The summed E-state index contributed by atoms with van der Waals surface area (Å²) in [6.45, 7) is 13.4. The maximum absolute atomic E-state index is 13.1. The minimum Gasteiger partial charge on any atom is -0.406 e. The van der Waals surface area contributed by atoms with Gasteiger partial charge in [-0.1, -0.05) is 118 Å². The molecule has 1 amide bonds. The quantitative estimate of drug-likeness (QED) is 0.184. The van der Waals surface area contributed by atoms with E-state index in [0.717, 1.165) is 11.1 Å². The predicted molar refractivity (Wildman–Crippen MR) is 181 cm³/mol. The molecular formula is C35H39N3O4SSi. The molecule has 1 fully saturated rings. The molecule has 1 aliphatic rings. The summed E-state index contributed by atoms with van der Waals surface area (Å²) >= 11 is 1.60. The van der Waals surface area contributed by atoms with Crippen LogP contribution >= 0.6 is 11.8 Å². The number of ether oxygens (including phenoxy) is 1. The van der Waals surface area contributed by atoms with Crippen molar-refractivity contribution in [2.75, 3.05) is 11.9 Å². The molecule has 0 aliphatic carbocycles. The Hall–Kier alpha value is -3.76. The van der Waals surface area contributed by atoms with Crippen molar-refractivity contribution in [3.63, 3.8) is 0 Å². The lowest BCUT2D eigenvalue weighted by molar-refractivity contribution is -0.114. The molecule has 1 N–H and O–H groups in total. The van der Waals surface area contributed by atoms with Crippen LogP contribution in [0.1, 0.15) is 38.6 Å². The number of aromatic nitrogens is 2. The number of rotatable bonds is 10. The first-order valence-electron chi connectivity index (χ1n) is 14.7. The van der Waals surface area contributed by atoms with Gasteiger partial charge >= 0.3 is 5.69 Å². The third-order valence-electron chi connectivity index (χ3n) is 7.86. The molecule has 1 aliphatic heterocycles. The second-order valence-electron chi connectivity index (χ2n) is 12.0. The highest BCUT2D eigenvalue weighted by Crippen LogP contribution is 2.47. The number of carbonyl (C=O) groups excluding carboxylic acids is 1. The van der Waals surface area contributed by atoms with Gasteiger partial charge in [-0.05, 0) is 32.6 Å². The van der Waals surface area contributed by atoms with E-state index < -0.39 is 19.4 Å². The van der Waals surface area contributed by atoms with E-state index in [1.807, 2.05) is 42.5 Å². The lowest BCUT2D eigenvalue weighted by atomic mass is 10.1. The number of thioether (sulfide) groups is 1. The molecule has 44 heavy (non-hydrogen) atoms. The van der Waals surface area contributed by atoms with Gasteiger partial charge in [0.2, 0.25) is 5.91 Å². The van der Waals surface area contributed by atoms with Crippen molar-refractivity contribution in [1.82, 2.24) is 9.55 Å². The fourth-order valence-electron chi connectivity index (χ4n) is 5.86. The van der Waals surface area contributed by atoms with Crippen molar-refractivity contribution < 1.29 is 14.0 Å². The number of anilines is 1. The zero-order valence-corrected chi connectivity index (χ0v) is 27.4. The van der Waals surface area contributed by atoms with Crippen LogP contribution in [0.25, 0.3) is 0 Å². The number of hydrogen-bond acceptors (Lipinski definition) is 6. The normalized spacial score (nSPS) is 18.7.